The zero-order valence-electron chi connectivity index (χ0n) is 5.11. The molecule has 4 heteroatoms. The van der Waals surface area contributed by atoms with Crippen molar-refractivity contribution in [3.63, 3.8) is 0 Å². The van der Waals surface area contributed by atoms with E-state index in [1.165, 1.54) is 0 Å². The number of rotatable bonds is 0. The number of aromatic nitrogens is 3. The summed E-state index contributed by atoms with van der Waals surface area (Å²) < 4.78 is 2.58. The van der Waals surface area contributed by atoms with Gasteiger partial charge < -0.3 is 4.98 Å². The van der Waals surface area contributed by atoms with Crippen molar-refractivity contribution in [2.45, 2.75) is 0 Å². The molecule has 2 aromatic rings. The van der Waals surface area contributed by atoms with Crippen molar-refractivity contribution >= 4 is 17.9 Å². The predicted octanol–water partition coefficient (Wildman–Crippen LogP) is 1.39. The van der Waals surface area contributed by atoms with Crippen molar-refractivity contribution in [1.82, 2.24) is 14.4 Å². The number of nitrogens with one attached hydrogen (secondary N) is 1. The van der Waals surface area contributed by atoms with Gasteiger partial charge in [0.25, 0.3) is 0 Å². The van der Waals surface area contributed by atoms with Crippen molar-refractivity contribution < 1.29 is 0 Å². The van der Waals surface area contributed by atoms with Gasteiger partial charge in [0.05, 0.1) is 12.4 Å². The third kappa shape index (κ3) is 0.657. The van der Waals surface area contributed by atoms with E-state index in [0.717, 1.165) is 10.3 Å². The van der Waals surface area contributed by atoms with Crippen LogP contribution in [0.4, 0.5) is 0 Å². The van der Waals surface area contributed by atoms with Crippen LogP contribution in [0.25, 0.3) is 5.65 Å². The zero-order valence-corrected chi connectivity index (χ0v) is 5.93. The molecule has 50 valence electrons. The zero-order chi connectivity index (χ0) is 6.97. The Morgan fingerprint density at radius 1 is 1.50 bits per heavy atom. The number of nitrogens with zero attached hydrogens (tertiary/aromatic N) is 2. The SMILES string of the molecule is S=c1cncc2[nH]ccn12. The summed E-state index contributed by atoms with van der Waals surface area (Å²) in [5.74, 6) is 0. The van der Waals surface area contributed by atoms with Crippen molar-refractivity contribution in [2.24, 2.45) is 0 Å². The molecule has 0 saturated carbocycles. The molecule has 0 amide bonds. The molecule has 0 saturated heterocycles. The minimum absolute atomic E-state index is 0.721. The van der Waals surface area contributed by atoms with Crippen LogP contribution >= 0.6 is 12.2 Å². The molecule has 0 aliphatic heterocycles. The highest BCUT2D eigenvalue weighted by Crippen LogP contribution is 1.97. The van der Waals surface area contributed by atoms with Gasteiger partial charge in [0.15, 0.2) is 0 Å². The molecule has 0 spiro atoms. The standard InChI is InChI=1S/C6H5N3S/c10-6-4-7-3-5-8-1-2-9(5)6/h1-4,8H. The molecule has 0 aliphatic carbocycles. The van der Waals surface area contributed by atoms with E-state index in [-0.39, 0.29) is 0 Å². The van der Waals surface area contributed by atoms with Gasteiger partial charge in [0.2, 0.25) is 0 Å². The molecule has 2 aromatic heterocycles. The fraction of sp³-hybridized carbons (Fsp3) is 0. The van der Waals surface area contributed by atoms with Gasteiger partial charge >= 0.3 is 0 Å². The first-order valence-corrected chi connectivity index (χ1v) is 3.28. The summed E-state index contributed by atoms with van der Waals surface area (Å²) in [6.45, 7) is 0. The number of fused-ring (bicyclic) bond motifs is 1. The predicted molar refractivity (Wildman–Crippen MR) is 40.4 cm³/mol. The van der Waals surface area contributed by atoms with Gasteiger partial charge in [-0.05, 0) is 0 Å². The molecule has 2 heterocycles. The molecule has 3 nitrogen and oxygen atoms in total. The summed E-state index contributed by atoms with van der Waals surface area (Å²) in [7, 11) is 0. The number of imidazole rings is 1. The van der Waals surface area contributed by atoms with Crippen molar-refractivity contribution in [3.8, 4) is 0 Å². The molecule has 0 radical (unpaired) electrons. The number of hydrogen-bond acceptors (Lipinski definition) is 2. The van der Waals surface area contributed by atoms with Crippen LogP contribution in [0.1, 0.15) is 0 Å². The maximum absolute atomic E-state index is 4.99. The van der Waals surface area contributed by atoms with E-state index in [2.05, 4.69) is 9.97 Å². The Morgan fingerprint density at radius 3 is 3.20 bits per heavy atom. The molecule has 1 N–H and O–H groups in total. The summed E-state index contributed by atoms with van der Waals surface area (Å²) >= 11 is 4.99. The minimum Gasteiger partial charge on any atom is -0.345 e. The van der Waals surface area contributed by atoms with Crippen LogP contribution in [-0.4, -0.2) is 14.4 Å². The van der Waals surface area contributed by atoms with Gasteiger partial charge in [-0.3, -0.25) is 9.38 Å². The minimum atomic E-state index is 0.721. The van der Waals surface area contributed by atoms with Crippen molar-refractivity contribution in [2.75, 3.05) is 0 Å². The molecule has 10 heavy (non-hydrogen) atoms. The number of aromatic amines is 1. The lowest BCUT2D eigenvalue weighted by atomic mass is 10.7. The van der Waals surface area contributed by atoms with Gasteiger partial charge in [0, 0.05) is 12.4 Å². The lowest BCUT2D eigenvalue weighted by Gasteiger charge is -1.88. The molecule has 2 rings (SSSR count). The van der Waals surface area contributed by atoms with Crippen LogP contribution in [0.15, 0.2) is 24.8 Å². The van der Waals surface area contributed by atoms with Crippen LogP contribution in [0.5, 0.6) is 0 Å². The van der Waals surface area contributed by atoms with Crippen LogP contribution in [0.3, 0.4) is 0 Å². The largest absolute Gasteiger partial charge is 0.345 e. The summed E-state index contributed by atoms with van der Waals surface area (Å²) in [5, 5.41) is 0. The molecule has 0 aromatic carbocycles. The van der Waals surface area contributed by atoms with Gasteiger partial charge in [0.1, 0.15) is 10.3 Å². The Bertz CT molecular complexity index is 400. The normalized spacial score (nSPS) is 10.4. The topological polar surface area (TPSA) is 33.1 Å². The first kappa shape index (κ1) is 5.61. The second kappa shape index (κ2) is 1.91. The highest BCUT2D eigenvalue weighted by molar-refractivity contribution is 7.71. The Labute approximate surface area is 62.3 Å². The van der Waals surface area contributed by atoms with Crippen LogP contribution in [-0.2, 0) is 0 Å². The molecular weight excluding hydrogens is 146 g/mol. The fourth-order valence-electron chi connectivity index (χ4n) is 0.873. The average Bonchev–Trinajstić information content (AvgIpc) is 2.36. The number of H-pyrrole nitrogens is 1. The third-order valence-electron chi connectivity index (χ3n) is 1.33. The first-order valence-electron chi connectivity index (χ1n) is 2.88. The summed E-state index contributed by atoms with van der Waals surface area (Å²) in [6.07, 6.45) is 7.08. The Hall–Kier alpha value is -1.16. The molecule has 0 aliphatic rings. The second-order valence-corrected chi connectivity index (χ2v) is 2.38. The fourth-order valence-corrected chi connectivity index (χ4v) is 1.09. The maximum atomic E-state index is 4.99. The molecule has 0 fully saturated rings. The Balaban J connectivity index is 3.09. The Morgan fingerprint density at radius 2 is 2.40 bits per heavy atom. The van der Waals surface area contributed by atoms with Crippen molar-refractivity contribution in [3.05, 3.63) is 29.4 Å². The van der Waals surface area contributed by atoms with E-state index in [4.69, 9.17) is 12.2 Å². The van der Waals surface area contributed by atoms with E-state index in [0.29, 0.717) is 0 Å². The summed E-state index contributed by atoms with van der Waals surface area (Å²) in [4.78, 5) is 6.92. The smallest absolute Gasteiger partial charge is 0.134 e. The molecular formula is C6H5N3S. The monoisotopic (exact) mass is 151 g/mol. The number of hydrogen-bond donors (Lipinski definition) is 1. The lowest BCUT2D eigenvalue weighted by Crippen LogP contribution is -1.84. The van der Waals surface area contributed by atoms with Crippen LogP contribution < -0.4 is 0 Å². The maximum Gasteiger partial charge on any atom is 0.134 e. The van der Waals surface area contributed by atoms with Crippen LogP contribution in [0.2, 0.25) is 0 Å². The summed E-state index contributed by atoms with van der Waals surface area (Å²) in [5.41, 5.74) is 0.924. The van der Waals surface area contributed by atoms with Crippen LogP contribution in [0, 0.1) is 4.64 Å². The highest BCUT2D eigenvalue weighted by Gasteiger charge is 1.89. The second-order valence-electron chi connectivity index (χ2n) is 1.96. The van der Waals surface area contributed by atoms with E-state index in [1.807, 2.05) is 16.8 Å². The highest BCUT2D eigenvalue weighted by atomic mass is 32.1. The van der Waals surface area contributed by atoms with E-state index >= 15 is 0 Å². The van der Waals surface area contributed by atoms with Crippen molar-refractivity contribution in [1.29, 1.82) is 0 Å². The molecule has 0 unspecified atom stereocenters. The van der Waals surface area contributed by atoms with E-state index in [1.54, 1.807) is 12.4 Å². The van der Waals surface area contributed by atoms with Gasteiger partial charge in [-0.25, -0.2) is 0 Å². The van der Waals surface area contributed by atoms with Gasteiger partial charge in [-0.2, -0.15) is 0 Å². The molecule has 0 atom stereocenters. The first-order chi connectivity index (χ1) is 4.88. The quantitative estimate of drug-likeness (QED) is 0.577. The summed E-state index contributed by atoms with van der Waals surface area (Å²) in [6, 6.07) is 0. The average molecular weight is 151 g/mol. The van der Waals surface area contributed by atoms with E-state index in [9.17, 15) is 0 Å². The molecule has 0 bridgehead atoms. The van der Waals surface area contributed by atoms with E-state index < -0.39 is 0 Å². The van der Waals surface area contributed by atoms with Gasteiger partial charge in [-0.15, -0.1) is 0 Å². The van der Waals surface area contributed by atoms with Gasteiger partial charge in [-0.1, -0.05) is 12.2 Å². The third-order valence-corrected chi connectivity index (χ3v) is 1.64. The Kier molecular flexibility index (Phi) is 1.07. The lowest BCUT2D eigenvalue weighted by molar-refractivity contribution is 1.10.